The molecule has 0 aliphatic heterocycles. The molecule has 180 valence electrons. The van der Waals surface area contributed by atoms with Gasteiger partial charge >= 0.3 is 0 Å². The standard InChI is InChI=1S/C30H48O2/c1-20(2)10-9-16-30(8,32)22-13-18-28(6)21(22)11-12-24-27(5)17-15-25(31)26(3,4)23(27)14-19-29(24,28)7/h9-10,21-24,32H,1,11-19H2,2-8H3/b10-9+/t21-,22+,23+,24-,27+,28-,29-,30+/m1/s1. The number of carbonyl (C=O) groups excluding carboxylic acids is 1. The number of fused-ring (bicyclic) bond motifs is 5. The summed E-state index contributed by atoms with van der Waals surface area (Å²) in [6.45, 7) is 20.2. The van der Waals surface area contributed by atoms with E-state index in [0.717, 1.165) is 24.8 Å². The van der Waals surface area contributed by atoms with Crippen molar-refractivity contribution < 1.29 is 9.90 Å². The minimum absolute atomic E-state index is 0.177. The number of allylic oxidation sites excluding steroid dienone is 2. The van der Waals surface area contributed by atoms with Gasteiger partial charge < -0.3 is 5.11 Å². The molecular formula is C30H48O2. The number of hydrogen-bond donors (Lipinski definition) is 1. The number of rotatable bonds is 4. The quantitative estimate of drug-likeness (QED) is 0.459. The first-order valence-electron chi connectivity index (χ1n) is 13.3. The van der Waals surface area contributed by atoms with E-state index < -0.39 is 5.60 Å². The topological polar surface area (TPSA) is 37.3 Å². The van der Waals surface area contributed by atoms with Crippen LogP contribution in [-0.4, -0.2) is 16.5 Å². The predicted octanol–water partition coefficient (Wildman–Crippen LogP) is 7.51. The van der Waals surface area contributed by atoms with Crippen molar-refractivity contribution in [1.29, 1.82) is 0 Å². The maximum Gasteiger partial charge on any atom is 0.138 e. The Morgan fingerprint density at radius 1 is 1.03 bits per heavy atom. The second-order valence-electron chi connectivity index (χ2n) is 13.8. The van der Waals surface area contributed by atoms with Crippen LogP contribution in [0.15, 0.2) is 24.3 Å². The summed E-state index contributed by atoms with van der Waals surface area (Å²) in [5.74, 6) is 2.66. The third-order valence-corrected chi connectivity index (χ3v) is 11.9. The van der Waals surface area contributed by atoms with E-state index >= 15 is 0 Å². The molecule has 4 rings (SSSR count). The number of ketones is 1. The molecule has 0 spiro atoms. The van der Waals surface area contributed by atoms with Crippen molar-refractivity contribution in [2.75, 3.05) is 0 Å². The highest BCUT2D eigenvalue weighted by Gasteiger charge is 2.69. The summed E-state index contributed by atoms with van der Waals surface area (Å²) < 4.78 is 0. The van der Waals surface area contributed by atoms with Crippen molar-refractivity contribution in [3.05, 3.63) is 24.3 Å². The molecule has 4 fully saturated rings. The molecule has 32 heavy (non-hydrogen) atoms. The fraction of sp³-hybridized carbons (Fsp3) is 0.833. The van der Waals surface area contributed by atoms with Crippen LogP contribution in [0.1, 0.15) is 106 Å². The molecule has 4 aliphatic rings. The number of Topliss-reactive ketones (excluding diaryl/α,β-unsaturated/α-hetero) is 1. The van der Waals surface area contributed by atoms with Crippen molar-refractivity contribution in [3.63, 3.8) is 0 Å². The Kier molecular flexibility index (Phi) is 5.72. The molecule has 0 heterocycles. The third kappa shape index (κ3) is 3.25. The van der Waals surface area contributed by atoms with Gasteiger partial charge in [0.1, 0.15) is 5.78 Å². The minimum Gasteiger partial charge on any atom is -0.390 e. The normalized spacial score (nSPS) is 47.4. The van der Waals surface area contributed by atoms with E-state index in [9.17, 15) is 9.90 Å². The van der Waals surface area contributed by atoms with Gasteiger partial charge in [-0.1, -0.05) is 58.9 Å². The molecule has 0 amide bonds. The molecule has 0 aromatic rings. The molecule has 2 heteroatoms. The highest BCUT2D eigenvalue weighted by atomic mass is 16.3. The predicted molar refractivity (Wildman–Crippen MR) is 133 cm³/mol. The Morgan fingerprint density at radius 2 is 1.69 bits per heavy atom. The van der Waals surface area contributed by atoms with Crippen LogP contribution >= 0.6 is 0 Å². The molecule has 0 saturated heterocycles. The van der Waals surface area contributed by atoms with Gasteiger partial charge in [0.15, 0.2) is 0 Å². The fourth-order valence-electron chi connectivity index (χ4n) is 9.94. The average molecular weight is 441 g/mol. The largest absolute Gasteiger partial charge is 0.390 e. The van der Waals surface area contributed by atoms with Crippen LogP contribution in [0, 0.1) is 45.3 Å². The van der Waals surface area contributed by atoms with E-state index in [1.54, 1.807) is 0 Å². The van der Waals surface area contributed by atoms with Gasteiger partial charge in [0, 0.05) is 11.8 Å². The zero-order chi connectivity index (χ0) is 23.7. The average Bonchev–Trinajstić information content (AvgIpc) is 3.04. The van der Waals surface area contributed by atoms with Gasteiger partial charge in [0.25, 0.3) is 0 Å². The van der Waals surface area contributed by atoms with Crippen molar-refractivity contribution in [2.45, 2.75) is 112 Å². The van der Waals surface area contributed by atoms with Gasteiger partial charge in [-0.3, -0.25) is 4.79 Å². The van der Waals surface area contributed by atoms with Gasteiger partial charge in [-0.2, -0.15) is 0 Å². The lowest BCUT2D eigenvalue weighted by Crippen LogP contribution is -2.63. The van der Waals surface area contributed by atoms with Crippen molar-refractivity contribution in [2.24, 2.45) is 45.3 Å². The molecule has 0 bridgehead atoms. The fourth-order valence-corrected chi connectivity index (χ4v) is 9.94. The minimum atomic E-state index is -0.655. The first-order valence-corrected chi connectivity index (χ1v) is 13.3. The van der Waals surface area contributed by atoms with Gasteiger partial charge in [0.2, 0.25) is 0 Å². The second-order valence-corrected chi connectivity index (χ2v) is 13.8. The van der Waals surface area contributed by atoms with Crippen LogP contribution < -0.4 is 0 Å². The number of carbonyl (C=O) groups is 1. The first-order chi connectivity index (χ1) is 14.7. The molecule has 0 unspecified atom stereocenters. The zero-order valence-corrected chi connectivity index (χ0v) is 21.9. The first kappa shape index (κ1) is 24.2. The summed E-state index contributed by atoms with van der Waals surface area (Å²) in [7, 11) is 0. The molecule has 4 saturated carbocycles. The Balaban J connectivity index is 1.63. The molecule has 4 aliphatic carbocycles. The SMILES string of the molecule is C=C(C)/C=C/C[C@](C)(O)[C@H]1CC[C@]2(C)[C@@H]1CC[C@@H]1[C@@]3(C)CCC(=O)C(C)(C)[C@@H]3CC[C@]12C. The molecule has 0 aromatic carbocycles. The van der Waals surface area contributed by atoms with E-state index in [1.807, 2.05) is 6.92 Å². The number of hydrogen-bond acceptors (Lipinski definition) is 2. The van der Waals surface area contributed by atoms with Crippen LogP contribution in [0.5, 0.6) is 0 Å². The lowest BCUT2D eigenvalue weighted by Gasteiger charge is -2.69. The van der Waals surface area contributed by atoms with Gasteiger partial charge in [-0.25, -0.2) is 0 Å². The zero-order valence-electron chi connectivity index (χ0n) is 21.9. The molecule has 8 atom stereocenters. The second kappa shape index (κ2) is 7.56. The van der Waals surface area contributed by atoms with Crippen molar-refractivity contribution >= 4 is 5.78 Å². The maximum absolute atomic E-state index is 12.8. The van der Waals surface area contributed by atoms with Crippen molar-refractivity contribution in [3.8, 4) is 0 Å². The Hall–Kier alpha value is -0.890. The van der Waals surface area contributed by atoms with Crippen LogP contribution in [0.3, 0.4) is 0 Å². The van der Waals surface area contributed by atoms with Crippen LogP contribution in [0.25, 0.3) is 0 Å². The van der Waals surface area contributed by atoms with E-state index in [1.165, 1.54) is 32.1 Å². The highest BCUT2D eigenvalue weighted by molar-refractivity contribution is 5.85. The van der Waals surface area contributed by atoms with E-state index in [2.05, 4.69) is 60.3 Å². The van der Waals surface area contributed by atoms with Crippen LogP contribution in [0.2, 0.25) is 0 Å². The third-order valence-electron chi connectivity index (χ3n) is 11.9. The highest BCUT2D eigenvalue weighted by Crippen LogP contribution is 2.75. The number of aliphatic hydroxyl groups is 1. The summed E-state index contributed by atoms with van der Waals surface area (Å²) >= 11 is 0. The Bertz CT molecular complexity index is 819. The molecule has 0 aromatic heterocycles. The molecule has 1 N–H and O–H groups in total. The maximum atomic E-state index is 12.8. The summed E-state index contributed by atoms with van der Waals surface area (Å²) in [4.78, 5) is 12.8. The summed E-state index contributed by atoms with van der Waals surface area (Å²) in [5, 5.41) is 11.6. The van der Waals surface area contributed by atoms with Crippen LogP contribution in [0.4, 0.5) is 0 Å². The van der Waals surface area contributed by atoms with Gasteiger partial charge in [0.05, 0.1) is 5.60 Å². The van der Waals surface area contributed by atoms with Crippen LogP contribution in [-0.2, 0) is 4.79 Å². The summed E-state index contributed by atoms with van der Waals surface area (Å²) in [6.07, 6.45) is 14.0. The van der Waals surface area contributed by atoms with E-state index in [-0.39, 0.29) is 16.2 Å². The van der Waals surface area contributed by atoms with E-state index in [0.29, 0.717) is 41.3 Å². The smallest absolute Gasteiger partial charge is 0.138 e. The molecule has 2 nitrogen and oxygen atoms in total. The molecular weight excluding hydrogens is 392 g/mol. The van der Waals surface area contributed by atoms with Gasteiger partial charge in [-0.15, -0.1) is 0 Å². The molecule has 0 radical (unpaired) electrons. The van der Waals surface area contributed by atoms with Crippen molar-refractivity contribution in [1.82, 2.24) is 0 Å². The Morgan fingerprint density at radius 3 is 2.34 bits per heavy atom. The summed E-state index contributed by atoms with van der Waals surface area (Å²) in [6, 6.07) is 0. The summed E-state index contributed by atoms with van der Waals surface area (Å²) in [5.41, 5.74) is 1.06. The lowest BCUT2D eigenvalue weighted by molar-refractivity contribution is -0.206. The lowest BCUT2D eigenvalue weighted by atomic mass is 9.35. The monoisotopic (exact) mass is 440 g/mol. The van der Waals surface area contributed by atoms with Gasteiger partial charge in [-0.05, 0) is 105 Å². The Labute approximate surface area is 197 Å². The van der Waals surface area contributed by atoms with E-state index in [4.69, 9.17) is 0 Å².